The maximum absolute atomic E-state index is 12.7. The molecule has 258 valence electrons. The van der Waals surface area contributed by atoms with Gasteiger partial charge in [-0.25, -0.2) is 0 Å². The standard InChI is InChI=1S/C21H29N3O.C16H19N3O2.C2H6/c1-17-8-5-4-6-13-22-15-19(17)11-12-21(25)23-20-10-7-9-18(14-20)16-24(2)3;1-18-13-5-3-2-4-12(13)10-14(18)16(21)19-8-6-11(7-9-19)15(17)20;1-2/h4-10,14-15,17,22H,11-13,16H2,1-3H3,(H,23,25);2-5,10-11H,6-9H2,1H3,(H2,17,20);1-2H3/b6-4-,8-5-,19-15-;;. The minimum atomic E-state index is -0.258. The zero-order chi connectivity index (χ0) is 35.1. The molecular weight excluding hydrogens is 600 g/mol. The van der Waals surface area contributed by atoms with Gasteiger partial charge in [0.05, 0.1) is 0 Å². The molecule has 0 spiro atoms. The highest BCUT2D eigenvalue weighted by molar-refractivity contribution is 5.99. The van der Waals surface area contributed by atoms with Crippen molar-refractivity contribution >= 4 is 34.3 Å². The van der Waals surface area contributed by atoms with Crippen molar-refractivity contribution in [3.8, 4) is 0 Å². The van der Waals surface area contributed by atoms with Gasteiger partial charge in [0.15, 0.2) is 0 Å². The number of nitrogens with zero attached hydrogens (tertiary/aromatic N) is 3. The summed E-state index contributed by atoms with van der Waals surface area (Å²) in [5, 5.41) is 7.36. The molecule has 1 unspecified atom stereocenters. The van der Waals surface area contributed by atoms with E-state index < -0.39 is 0 Å². The molecule has 0 saturated carbocycles. The lowest BCUT2D eigenvalue weighted by atomic mass is 9.96. The second-order valence-corrected chi connectivity index (χ2v) is 12.3. The van der Waals surface area contributed by atoms with Crippen molar-refractivity contribution in [2.45, 2.75) is 53.0 Å². The summed E-state index contributed by atoms with van der Waals surface area (Å²) in [7, 11) is 5.98. The van der Waals surface area contributed by atoms with Crippen molar-refractivity contribution in [3.05, 3.63) is 102 Å². The molecule has 1 aromatic heterocycles. The lowest BCUT2D eigenvalue weighted by Gasteiger charge is -2.30. The Bertz CT molecular complexity index is 1590. The van der Waals surface area contributed by atoms with E-state index in [2.05, 4.69) is 53.0 Å². The number of nitrogens with one attached hydrogen (secondary N) is 2. The van der Waals surface area contributed by atoms with Crippen LogP contribution in [0.1, 0.15) is 62.5 Å². The lowest BCUT2D eigenvalue weighted by Crippen LogP contribution is -2.42. The van der Waals surface area contributed by atoms with Gasteiger partial charge < -0.3 is 30.7 Å². The third-order valence-electron chi connectivity index (χ3n) is 8.46. The number of primary amides is 1. The van der Waals surface area contributed by atoms with Crippen molar-refractivity contribution in [2.75, 3.05) is 39.0 Å². The van der Waals surface area contributed by atoms with Crippen molar-refractivity contribution in [1.29, 1.82) is 0 Å². The predicted octanol–water partition coefficient (Wildman–Crippen LogP) is 6.24. The Morgan fingerprint density at radius 3 is 2.42 bits per heavy atom. The fourth-order valence-electron chi connectivity index (χ4n) is 5.81. The molecule has 0 bridgehead atoms. The van der Waals surface area contributed by atoms with Gasteiger partial charge in [0.25, 0.3) is 5.91 Å². The van der Waals surface area contributed by atoms with Crippen molar-refractivity contribution < 1.29 is 14.4 Å². The van der Waals surface area contributed by atoms with E-state index in [1.54, 1.807) is 0 Å². The quantitative estimate of drug-likeness (QED) is 0.266. The van der Waals surface area contributed by atoms with Crippen LogP contribution in [-0.4, -0.2) is 65.8 Å². The van der Waals surface area contributed by atoms with Crippen LogP contribution in [0.5, 0.6) is 0 Å². The van der Waals surface area contributed by atoms with Crippen LogP contribution in [0.25, 0.3) is 10.9 Å². The maximum atomic E-state index is 12.7. The summed E-state index contributed by atoms with van der Waals surface area (Å²) in [4.78, 5) is 40.1. The first-order chi connectivity index (χ1) is 23.1. The molecule has 3 aromatic rings. The summed E-state index contributed by atoms with van der Waals surface area (Å²) in [5.41, 5.74) is 10.4. The minimum Gasteiger partial charge on any atom is -0.387 e. The Labute approximate surface area is 286 Å². The van der Waals surface area contributed by atoms with Gasteiger partial charge in [0, 0.05) is 62.2 Å². The van der Waals surface area contributed by atoms with Crippen molar-refractivity contribution in [2.24, 2.45) is 24.6 Å². The van der Waals surface area contributed by atoms with E-state index in [-0.39, 0.29) is 23.6 Å². The Morgan fingerprint density at radius 2 is 1.73 bits per heavy atom. The van der Waals surface area contributed by atoms with Gasteiger partial charge in [-0.2, -0.15) is 0 Å². The Kier molecular flexibility index (Phi) is 15.2. The first-order valence-electron chi connectivity index (χ1n) is 17.0. The van der Waals surface area contributed by atoms with Gasteiger partial charge in [0.1, 0.15) is 5.69 Å². The van der Waals surface area contributed by atoms with Crippen molar-refractivity contribution in [1.82, 2.24) is 19.7 Å². The van der Waals surface area contributed by atoms with Gasteiger partial charge in [0.2, 0.25) is 11.8 Å². The fraction of sp³-hybridized carbons (Fsp3) is 0.410. The molecule has 2 aromatic carbocycles. The number of para-hydroxylation sites is 1. The van der Waals surface area contributed by atoms with E-state index in [9.17, 15) is 14.4 Å². The molecule has 5 rings (SSSR count). The number of nitrogens with two attached hydrogens (primary N) is 1. The van der Waals surface area contributed by atoms with Crippen LogP contribution in [0, 0.1) is 11.8 Å². The van der Waals surface area contributed by atoms with E-state index in [0.29, 0.717) is 44.0 Å². The second kappa shape index (κ2) is 19.3. The van der Waals surface area contributed by atoms with E-state index in [1.807, 2.05) is 99.1 Å². The maximum Gasteiger partial charge on any atom is 0.270 e. The number of carbonyl (C=O) groups is 3. The summed E-state index contributed by atoms with van der Waals surface area (Å²) in [6.07, 6.45) is 13.0. The summed E-state index contributed by atoms with van der Waals surface area (Å²) < 4.78 is 1.93. The normalized spacial score (nSPS) is 18.7. The highest BCUT2D eigenvalue weighted by Gasteiger charge is 2.27. The Hall–Kier alpha value is -4.63. The topological polar surface area (TPSA) is 113 Å². The van der Waals surface area contributed by atoms with Gasteiger partial charge in [-0.1, -0.05) is 75.4 Å². The van der Waals surface area contributed by atoms with Gasteiger partial charge >= 0.3 is 0 Å². The number of allylic oxidation sites excluding steroid dienone is 4. The van der Waals surface area contributed by atoms with E-state index >= 15 is 0 Å². The summed E-state index contributed by atoms with van der Waals surface area (Å²) in [6.45, 7) is 9.01. The molecule has 0 radical (unpaired) electrons. The number of hydrogen-bond donors (Lipinski definition) is 3. The second-order valence-electron chi connectivity index (χ2n) is 12.3. The van der Waals surface area contributed by atoms with Crippen molar-refractivity contribution in [3.63, 3.8) is 0 Å². The van der Waals surface area contributed by atoms with Gasteiger partial charge in [-0.15, -0.1) is 0 Å². The zero-order valence-corrected chi connectivity index (χ0v) is 29.5. The van der Waals surface area contributed by atoms with Crippen LogP contribution >= 0.6 is 0 Å². The summed E-state index contributed by atoms with van der Waals surface area (Å²) in [5.74, 6) is 0.0495. The molecule has 3 amide bonds. The first kappa shape index (κ1) is 37.8. The molecule has 9 heteroatoms. The summed E-state index contributed by atoms with van der Waals surface area (Å²) >= 11 is 0. The third kappa shape index (κ3) is 11.3. The number of aryl methyl sites for hydroxylation is 1. The van der Waals surface area contributed by atoms with Crippen LogP contribution in [0.15, 0.2) is 90.7 Å². The molecule has 48 heavy (non-hydrogen) atoms. The number of amides is 3. The van der Waals surface area contributed by atoms with Crippen LogP contribution in [0.2, 0.25) is 0 Å². The third-order valence-corrected chi connectivity index (χ3v) is 8.46. The molecule has 1 fully saturated rings. The van der Waals surface area contributed by atoms with E-state index in [1.165, 1.54) is 11.1 Å². The SMILES string of the molecule is CC.CC1/C=C\C=C/CN/C=C\1CCC(=O)Nc1cccc(CN(C)C)c1.Cn1c(C(=O)N2CCC(C(N)=O)CC2)cc2ccccc21. The van der Waals surface area contributed by atoms with Crippen LogP contribution in [-0.2, 0) is 23.2 Å². The minimum absolute atomic E-state index is 0.0246. The average Bonchev–Trinajstić information content (AvgIpc) is 3.46. The van der Waals surface area contributed by atoms with Crippen LogP contribution < -0.4 is 16.4 Å². The predicted molar refractivity (Wildman–Crippen MR) is 197 cm³/mol. The Balaban J connectivity index is 0.000000251. The largest absolute Gasteiger partial charge is 0.387 e. The highest BCUT2D eigenvalue weighted by Crippen LogP contribution is 2.23. The number of carbonyl (C=O) groups excluding carboxylic acids is 3. The number of likely N-dealkylation sites (tertiary alicyclic amines) is 1. The van der Waals surface area contributed by atoms with Crippen LogP contribution in [0.3, 0.4) is 0 Å². The molecule has 0 aliphatic carbocycles. The van der Waals surface area contributed by atoms with E-state index in [4.69, 9.17) is 5.73 Å². The monoisotopic (exact) mass is 654 g/mol. The molecule has 1 saturated heterocycles. The number of hydrogen-bond acceptors (Lipinski definition) is 5. The summed E-state index contributed by atoms with van der Waals surface area (Å²) in [6, 6.07) is 17.9. The first-order valence-corrected chi connectivity index (χ1v) is 17.0. The molecular formula is C39H54N6O3. The number of aromatic nitrogens is 1. The number of benzene rings is 2. The number of rotatable bonds is 8. The van der Waals surface area contributed by atoms with Gasteiger partial charge in [-0.05, 0) is 80.9 Å². The number of piperidine rings is 1. The molecule has 3 heterocycles. The molecule has 9 nitrogen and oxygen atoms in total. The average molecular weight is 655 g/mol. The molecule has 2 aliphatic heterocycles. The van der Waals surface area contributed by atoms with Gasteiger partial charge in [-0.3, -0.25) is 14.4 Å². The Morgan fingerprint density at radius 1 is 1.00 bits per heavy atom. The number of anilines is 1. The molecule has 1 atom stereocenters. The highest BCUT2D eigenvalue weighted by atomic mass is 16.2. The smallest absolute Gasteiger partial charge is 0.270 e. The zero-order valence-electron chi connectivity index (χ0n) is 29.5. The number of fused-ring (bicyclic) bond motifs is 1. The molecule has 2 aliphatic rings. The fourth-order valence-corrected chi connectivity index (χ4v) is 5.81. The lowest BCUT2D eigenvalue weighted by molar-refractivity contribution is -0.123. The van der Waals surface area contributed by atoms with E-state index in [0.717, 1.165) is 36.1 Å². The van der Waals surface area contributed by atoms with Crippen LogP contribution in [0.4, 0.5) is 5.69 Å². The molecule has 4 N–H and O–H groups in total.